The van der Waals surface area contributed by atoms with E-state index >= 15 is 0 Å². The van der Waals surface area contributed by atoms with Gasteiger partial charge in [-0.25, -0.2) is 0 Å². The van der Waals surface area contributed by atoms with E-state index in [1.54, 1.807) is 0 Å². The molecule has 1 aromatic rings. The molecule has 5 heteroatoms. The number of amides is 1. The van der Waals surface area contributed by atoms with Gasteiger partial charge in [0.2, 0.25) is 5.91 Å². The van der Waals surface area contributed by atoms with Gasteiger partial charge in [0.1, 0.15) is 0 Å². The Balaban J connectivity index is 1.43. The van der Waals surface area contributed by atoms with Crippen LogP contribution in [0.3, 0.4) is 0 Å². The minimum absolute atomic E-state index is 0.0905. The zero-order chi connectivity index (χ0) is 17.9. The van der Waals surface area contributed by atoms with Crippen molar-refractivity contribution in [2.45, 2.75) is 57.0 Å². The molecule has 0 spiro atoms. The van der Waals surface area contributed by atoms with E-state index in [0.29, 0.717) is 23.3 Å². The van der Waals surface area contributed by atoms with Crippen molar-refractivity contribution in [2.75, 3.05) is 23.3 Å². The number of carbonyl (C=O) groups excluding carboxylic acids is 1. The summed E-state index contributed by atoms with van der Waals surface area (Å²) in [6.45, 7) is 2.05. The largest absolute Gasteiger partial charge is 0.390 e. The topological polar surface area (TPSA) is 52.6 Å². The first-order chi connectivity index (χ1) is 12.4. The van der Waals surface area contributed by atoms with Gasteiger partial charge in [0.25, 0.3) is 0 Å². The molecule has 0 aromatic heterocycles. The predicted octanol–water partition coefficient (Wildman–Crippen LogP) is 4.21. The fourth-order valence-corrected chi connectivity index (χ4v) is 6.75. The molecule has 4 aliphatic carbocycles. The number of nitrogens with one attached hydrogen (secondary N) is 1. The first-order valence-corrected chi connectivity index (χ1v) is 10.4. The van der Waals surface area contributed by atoms with Gasteiger partial charge in [-0.2, -0.15) is 0 Å². The third-order valence-corrected chi connectivity index (χ3v) is 7.40. The van der Waals surface area contributed by atoms with Crippen molar-refractivity contribution in [3.8, 4) is 0 Å². The average Bonchev–Trinajstić information content (AvgIpc) is 3.07. The van der Waals surface area contributed by atoms with E-state index in [-0.39, 0.29) is 5.91 Å². The molecule has 5 fully saturated rings. The van der Waals surface area contributed by atoms with E-state index in [4.69, 9.17) is 11.6 Å². The molecular weight excluding hydrogens is 348 g/mol. The Morgan fingerprint density at radius 1 is 1.15 bits per heavy atom. The van der Waals surface area contributed by atoms with Gasteiger partial charge < -0.3 is 15.3 Å². The van der Waals surface area contributed by atoms with E-state index in [9.17, 15) is 9.90 Å². The van der Waals surface area contributed by atoms with Crippen molar-refractivity contribution in [2.24, 2.45) is 17.3 Å². The summed E-state index contributed by atoms with van der Waals surface area (Å²) in [5.74, 6) is 1.10. The lowest BCUT2D eigenvalue weighted by molar-refractivity contribution is -0.174. The molecule has 2 N–H and O–H groups in total. The minimum Gasteiger partial charge on any atom is -0.390 e. The first-order valence-electron chi connectivity index (χ1n) is 10.0. The Bertz CT molecular complexity index is 730. The fraction of sp³-hybridized carbons (Fsp3) is 0.667. The fourth-order valence-electron chi connectivity index (χ4n) is 6.58. The predicted molar refractivity (Wildman–Crippen MR) is 104 cm³/mol. The van der Waals surface area contributed by atoms with Crippen LogP contribution in [0, 0.1) is 17.3 Å². The molecule has 6 rings (SSSR count). The second-order valence-electron chi connectivity index (χ2n) is 9.28. The van der Waals surface area contributed by atoms with Crippen LogP contribution in [0.5, 0.6) is 0 Å². The highest BCUT2D eigenvalue weighted by molar-refractivity contribution is 6.31. The van der Waals surface area contributed by atoms with Crippen LogP contribution in [-0.4, -0.2) is 29.7 Å². The van der Waals surface area contributed by atoms with Crippen LogP contribution in [0.2, 0.25) is 5.02 Å². The molecule has 1 heterocycles. The maximum absolute atomic E-state index is 13.4. The number of hydrogen-bond donors (Lipinski definition) is 2. The quantitative estimate of drug-likeness (QED) is 0.833. The molecule has 4 nitrogen and oxygen atoms in total. The van der Waals surface area contributed by atoms with Gasteiger partial charge in [-0.3, -0.25) is 4.79 Å². The molecule has 140 valence electrons. The van der Waals surface area contributed by atoms with Gasteiger partial charge in [-0.15, -0.1) is 0 Å². The second-order valence-corrected chi connectivity index (χ2v) is 9.71. The zero-order valence-electron chi connectivity index (χ0n) is 15.1. The Labute approximate surface area is 159 Å². The number of halogens is 1. The van der Waals surface area contributed by atoms with E-state index < -0.39 is 11.0 Å². The van der Waals surface area contributed by atoms with Crippen LogP contribution in [0.1, 0.15) is 51.4 Å². The Kier molecular flexibility index (Phi) is 3.81. The maximum Gasteiger partial charge on any atom is 0.230 e. The van der Waals surface area contributed by atoms with Gasteiger partial charge in [-0.05, 0) is 81.4 Å². The number of nitrogens with zero attached hydrogens (tertiary/aromatic N) is 1. The van der Waals surface area contributed by atoms with Crippen LogP contribution in [0.15, 0.2) is 18.2 Å². The second kappa shape index (κ2) is 5.87. The molecule has 1 amide bonds. The third-order valence-electron chi connectivity index (χ3n) is 7.17. The van der Waals surface area contributed by atoms with Gasteiger partial charge in [0.05, 0.1) is 22.4 Å². The van der Waals surface area contributed by atoms with E-state index in [1.807, 2.05) is 18.2 Å². The number of hydrogen-bond acceptors (Lipinski definition) is 3. The summed E-state index contributed by atoms with van der Waals surface area (Å²) < 4.78 is 0. The smallest absolute Gasteiger partial charge is 0.230 e. The summed E-state index contributed by atoms with van der Waals surface area (Å²) in [6.07, 6.45) is 7.82. The summed E-state index contributed by atoms with van der Waals surface area (Å²) >= 11 is 6.24. The summed E-state index contributed by atoms with van der Waals surface area (Å²) in [6, 6.07) is 5.80. The molecule has 26 heavy (non-hydrogen) atoms. The van der Waals surface area contributed by atoms with Crippen LogP contribution in [0.25, 0.3) is 0 Å². The SMILES string of the molecule is O=C(Nc1cc(Cl)ccc1N1CCCC1)C12C[C@@H]3C[C@@H](CC(O)(C3)C1)C2. The molecule has 2 unspecified atom stereocenters. The van der Waals surface area contributed by atoms with E-state index in [1.165, 1.54) is 19.3 Å². The standard InChI is InChI=1S/C21H27ClN2O2/c22-16-3-4-18(24-5-1-2-6-24)17(8-16)23-19(25)20-9-14-7-15(10-20)12-21(26,11-14)13-20/h3-4,8,14-15,26H,1-2,5-7,9-13H2,(H,23,25)/t14-,15+,20?,21?. The normalized spacial score (nSPS) is 38.0. The van der Waals surface area contributed by atoms with Gasteiger partial charge in [-0.1, -0.05) is 11.6 Å². The first kappa shape index (κ1) is 16.9. The number of rotatable bonds is 3. The molecule has 4 saturated carbocycles. The molecule has 1 aromatic carbocycles. The lowest BCUT2D eigenvalue weighted by Crippen LogP contribution is -2.59. The Hall–Kier alpha value is -1.26. The Morgan fingerprint density at radius 2 is 1.85 bits per heavy atom. The molecule has 4 bridgehead atoms. The van der Waals surface area contributed by atoms with Crippen molar-refractivity contribution < 1.29 is 9.90 Å². The summed E-state index contributed by atoms with van der Waals surface area (Å²) in [4.78, 5) is 15.7. The third kappa shape index (κ3) is 2.73. The van der Waals surface area contributed by atoms with Gasteiger partial charge in [0.15, 0.2) is 0 Å². The highest BCUT2D eigenvalue weighted by Gasteiger charge is 2.60. The summed E-state index contributed by atoms with van der Waals surface area (Å²) in [7, 11) is 0. The van der Waals surface area contributed by atoms with Crippen molar-refractivity contribution in [1.29, 1.82) is 0 Å². The molecule has 0 radical (unpaired) electrons. The van der Waals surface area contributed by atoms with Crippen molar-refractivity contribution in [3.63, 3.8) is 0 Å². The lowest BCUT2D eigenvalue weighted by Gasteiger charge is -2.59. The number of anilines is 2. The van der Waals surface area contributed by atoms with Crippen LogP contribution in [0.4, 0.5) is 11.4 Å². The van der Waals surface area contributed by atoms with Crippen LogP contribution in [-0.2, 0) is 4.79 Å². The lowest BCUT2D eigenvalue weighted by atomic mass is 9.47. The van der Waals surface area contributed by atoms with Crippen molar-refractivity contribution in [1.82, 2.24) is 0 Å². The van der Waals surface area contributed by atoms with Gasteiger partial charge >= 0.3 is 0 Å². The average molecular weight is 375 g/mol. The summed E-state index contributed by atoms with van der Waals surface area (Å²) in [5.41, 5.74) is 0.882. The molecule has 1 aliphatic heterocycles. The van der Waals surface area contributed by atoms with Crippen molar-refractivity contribution in [3.05, 3.63) is 23.2 Å². The van der Waals surface area contributed by atoms with Crippen molar-refractivity contribution >= 4 is 28.9 Å². The van der Waals surface area contributed by atoms with Crippen LogP contribution >= 0.6 is 11.6 Å². The highest BCUT2D eigenvalue weighted by atomic mass is 35.5. The van der Waals surface area contributed by atoms with Crippen LogP contribution < -0.4 is 10.2 Å². The van der Waals surface area contributed by atoms with E-state index in [0.717, 1.165) is 50.1 Å². The van der Waals surface area contributed by atoms with E-state index in [2.05, 4.69) is 10.2 Å². The molecule has 5 aliphatic rings. The molecule has 1 saturated heterocycles. The number of carbonyl (C=O) groups is 1. The number of aliphatic hydroxyl groups is 1. The minimum atomic E-state index is -0.618. The maximum atomic E-state index is 13.4. The molecule has 4 atom stereocenters. The summed E-state index contributed by atoms with van der Waals surface area (Å²) in [5, 5.41) is 14.8. The highest BCUT2D eigenvalue weighted by Crippen LogP contribution is 2.62. The molecular formula is C21H27ClN2O2. The Morgan fingerprint density at radius 3 is 2.50 bits per heavy atom. The zero-order valence-corrected chi connectivity index (χ0v) is 15.9. The monoisotopic (exact) mass is 374 g/mol. The van der Waals surface area contributed by atoms with Gasteiger partial charge in [0, 0.05) is 18.1 Å². The number of benzene rings is 1.